The Morgan fingerprint density at radius 2 is 2.00 bits per heavy atom. The third-order valence-electron chi connectivity index (χ3n) is 6.89. The van der Waals surface area contributed by atoms with Gasteiger partial charge in [-0.3, -0.25) is 9.79 Å². The van der Waals surface area contributed by atoms with Crippen LogP contribution in [-0.2, 0) is 32.5 Å². The van der Waals surface area contributed by atoms with E-state index in [0.29, 0.717) is 35.7 Å². The lowest BCUT2D eigenvalue weighted by atomic mass is 9.81. The molecule has 3 rings (SSSR count). The van der Waals surface area contributed by atoms with E-state index in [1.165, 1.54) is 10.5 Å². The fourth-order valence-electron chi connectivity index (χ4n) is 4.62. The van der Waals surface area contributed by atoms with Gasteiger partial charge >= 0.3 is 5.97 Å². The van der Waals surface area contributed by atoms with Gasteiger partial charge in [-0.25, -0.2) is 8.42 Å². The van der Waals surface area contributed by atoms with Crippen molar-refractivity contribution in [1.29, 1.82) is 0 Å². The van der Waals surface area contributed by atoms with Crippen molar-refractivity contribution in [2.75, 3.05) is 19.7 Å². The number of nitrogens with two attached hydrogens (primary N) is 1. The van der Waals surface area contributed by atoms with Crippen molar-refractivity contribution < 1.29 is 23.1 Å². The number of carboxylic acid groups (broad SMARTS) is 1. The van der Waals surface area contributed by atoms with Gasteiger partial charge in [0.25, 0.3) is 0 Å². The maximum Gasteiger partial charge on any atom is 0.312 e. The second-order valence-corrected chi connectivity index (χ2v) is 12.3. The molecule has 2 aromatic rings. The van der Waals surface area contributed by atoms with Crippen LogP contribution in [0.2, 0.25) is 0 Å². The van der Waals surface area contributed by atoms with Crippen molar-refractivity contribution in [3.05, 3.63) is 64.7 Å². The summed E-state index contributed by atoms with van der Waals surface area (Å²) in [4.78, 5) is 16.7. The van der Waals surface area contributed by atoms with Crippen molar-refractivity contribution in [2.24, 2.45) is 27.3 Å². The number of hydrogen-bond donors (Lipinski definition) is 2. The van der Waals surface area contributed by atoms with Gasteiger partial charge in [-0.15, -0.1) is 0 Å². The van der Waals surface area contributed by atoms with Gasteiger partial charge in [-0.2, -0.15) is 9.41 Å². The Bertz CT molecular complexity index is 1320. The van der Waals surface area contributed by atoms with Gasteiger partial charge in [0, 0.05) is 25.8 Å². The van der Waals surface area contributed by atoms with E-state index in [2.05, 4.69) is 10.1 Å². The normalized spacial score (nSPS) is 19.2. The quantitative estimate of drug-likeness (QED) is 0.265. The van der Waals surface area contributed by atoms with Crippen LogP contribution in [0.25, 0.3) is 0 Å². The molecule has 1 aliphatic rings. The number of aliphatic carboxylic acids is 1. The van der Waals surface area contributed by atoms with E-state index in [-0.39, 0.29) is 19.1 Å². The van der Waals surface area contributed by atoms with Crippen molar-refractivity contribution in [2.45, 2.75) is 58.6 Å². The minimum absolute atomic E-state index is 0.0284. The molecule has 3 N–H and O–H groups in total. The smallest absolute Gasteiger partial charge is 0.312 e. The molecule has 1 heterocycles. The highest BCUT2D eigenvalue weighted by atomic mass is 32.2. The Morgan fingerprint density at radius 1 is 1.29 bits per heavy atom. The summed E-state index contributed by atoms with van der Waals surface area (Å²) in [6.07, 6.45) is 1.33. The zero-order valence-corrected chi connectivity index (χ0v) is 23.5. The molecule has 0 amide bonds. The number of nitrogens with zero attached hydrogens (tertiary/aromatic N) is 3. The lowest BCUT2D eigenvalue weighted by Gasteiger charge is -2.31. The SMILES string of the molecule is CCN=CC(CO[C@@H](c1ccc(C)c(CN2C[C@H](C)Cc3ccccc3S2(=O)=O)c1)C(C)(C)C(=O)O)=NN. The highest BCUT2D eigenvalue weighted by Gasteiger charge is 2.39. The van der Waals surface area contributed by atoms with E-state index >= 15 is 0 Å². The topological polar surface area (TPSA) is 135 Å². The predicted molar refractivity (Wildman–Crippen MR) is 149 cm³/mol. The lowest BCUT2D eigenvalue weighted by Crippen LogP contribution is -2.35. The highest BCUT2D eigenvalue weighted by Crippen LogP contribution is 2.38. The van der Waals surface area contributed by atoms with E-state index in [9.17, 15) is 18.3 Å². The number of hydrogen-bond acceptors (Lipinski definition) is 7. The van der Waals surface area contributed by atoms with E-state index in [1.54, 1.807) is 26.0 Å². The Labute approximate surface area is 225 Å². The summed E-state index contributed by atoms with van der Waals surface area (Å²) in [5.74, 6) is 4.58. The molecule has 9 nitrogen and oxygen atoms in total. The molecular formula is C28H38N4O5S. The van der Waals surface area contributed by atoms with E-state index < -0.39 is 27.5 Å². The molecule has 0 aromatic heterocycles. The first kappa shape index (κ1) is 29.5. The first-order chi connectivity index (χ1) is 17.9. The van der Waals surface area contributed by atoms with Crippen molar-refractivity contribution in [3.63, 3.8) is 0 Å². The molecule has 0 bridgehead atoms. The maximum atomic E-state index is 13.6. The molecule has 2 aromatic carbocycles. The molecule has 0 aliphatic carbocycles. The Kier molecular flexibility index (Phi) is 9.45. The standard InChI is InChI=1S/C28H38N4O5S/c1-6-30-15-24(31-29)18-37-26(28(4,5)27(33)34)22-12-11-20(3)23(14-22)17-32-16-19(2)13-21-9-7-8-10-25(21)38(32,35)36/h7-12,14-15,19,26H,6,13,16-18,29H2,1-5H3,(H,33,34)/t19-,26+/m1/s1. The van der Waals surface area contributed by atoms with Crippen LogP contribution in [0.4, 0.5) is 0 Å². The molecule has 10 heteroatoms. The number of rotatable bonds is 10. The summed E-state index contributed by atoms with van der Waals surface area (Å²) in [6.45, 7) is 10.1. The van der Waals surface area contributed by atoms with Crippen molar-refractivity contribution in [3.8, 4) is 0 Å². The highest BCUT2D eigenvalue weighted by molar-refractivity contribution is 7.89. The lowest BCUT2D eigenvalue weighted by molar-refractivity contribution is -0.156. The summed E-state index contributed by atoms with van der Waals surface area (Å²) in [5.41, 5.74) is 2.23. The number of sulfonamides is 1. The third-order valence-corrected chi connectivity index (χ3v) is 8.80. The maximum absolute atomic E-state index is 13.6. The summed E-state index contributed by atoms with van der Waals surface area (Å²) in [6, 6.07) is 12.7. The van der Waals surface area contributed by atoms with Gasteiger partial charge in [-0.1, -0.05) is 43.3 Å². The first-order valence-electron chi connectivity index (χ1n) is 12.7. The number of aryl methyl sites for hydroxylation is 1. The average Bonchev–Trinajstić information content (AvgIpc) is 2.96. The van der Waals surface area contributed by atoms with Crippen LogP contribution in [0.15, 0.2) is 57.5 Å². The molecule has 0 radical (unpaired) electrons. The van der Waals surface area contributed by atoms with Crippen LogP contribution in [0.5, 0.6) is 0 Å². The van der Waals surface area contributed by atoms with Crippen LogP contribution >= 0.6 is 0 Å². The van der Waals surface area contributed by atoms with Crippen molar-refractivity contribution in [1.82, 2.24) is 4.31 Å². The number of hydrazone groups is 1. The predicted octanol–water partition coefficient (Wildman–Crippen LogP) is 3.95. The van der Waals surface area contributed by atoms with Crippen LogP contribution in [0, 0.1) is 18.3 Å². The van der Waals surface area contributed by atoms with Gasteiger partial charge in [0.15, 0.2) is 0 Å². The fraction of sp³-hybridized carbons (Fsp3) is 0.464. The second kappa shape index (κ2) is 12.2. The molecule has 1 aliphatic heterocycles. The van der Waals surface area contributed by atoms with Crippen LogP contribution in [0.1, 0.15) is 56.1 Å². The third kappa shape index (κ3) is 6.48. The minimum atomic E-state index is -3.71. The molecule has 2 atom stereocenters. The van der Waals surface area contributed by atoms with E-state index in [1.807, 2.05) is 51.1 Å². The van der Waals surface area contributed by atoms with Crippen molar-refractivity contribution >= 4 is 27.9 Å². The molecule has 0 unspecified atom stereocenters. The first-order valence-corrected chi connectivity index (χ1v) is 14.1. The van der Waals surface area contributed by atoms with Gasteiger partial charge in [-0.05, 0) is 68.4 Å². The number of fused-ring (bicyclic) bond motifs is 1. The molecular weight excluding hydrogens is 504 g/mol. The largest absolute Gasteiger partial charge is 0.481 e. The number of benzene rings is 2. The molecule has 0 fully saturated rings. The van der Waals surface area contributed by atoms with Crippen LogP contribution in [-0.4, -0.2) is 55.4 Å². The number of ether oxygens (including phenoxy) is 1. The summed E-state index contributed by atoms with van der Waals surface area (Å²) >= 11 is 0. The summed E-state index contributed by atoms with van der Waals surface area (Å²) in [5, 5.41) is 13.7. The van der Waals surface area contributed by atoms with E-state index in [0.717, 1.165) is 16.7 Å². The zero-order valence-electron chi connectivity index (χ0n) is 22.7. The van der Waals surface area contributed by atoms with Crippen LogP contribution < -0.4 is 5.84 Å². The van der Waals surface area contributed by atoms with Gasteiger partial charge in [0.2, 0.25) is 10.0 Å². The Morgan fingerprint density at radius 3 is 2.66 bits per heavy atom. The monoisotopic (exact) mass is 542 g/mol. The van der Waals surface area contributed by atoms with Gasteiger partial charge in [0.05, 0.1) is 23.0 Å². The van der Waals surface area contributed by atoms with E-state index in [4.69, 9.17) is 10.6 Å². The molecule has 206 valence electrons. The molecule has 0 spiro atoms. The number of carboxylic acids is 1. The Hall–Kier alpha value is -3.08. The minimum Gasteiger partial charge on any atom is -0.481 e. The van der Waals surface area contributed by atoms with Gasteiger partial charge < -0.3 is 15.7 Å². The van der Waals surface area contributed by atoms with Crippen LogP contribution in [0.3, 0.4) is 0 Å². The summed E-state index contributed by atoms with van der Waals surface area (Å²) < 4.78 is 34.9. The number of carbonyl (C=O) groups is 1. The number of aliphatic imine (C=N–C) groups is 1. The fourth-order valence-corrected chi connectivity index (χ4v) is 6.39. The molecule has 0 saturated heterocycles. The second-order valence-electron chi connectivity index (χ2n) is 10.4. The molecule has 0 saturated carbocycles. The summed E-state index contributed by atoms with van der Waals surface area (Å²) in [7, 11) is -3.71. The average molecular weight is 543 g/mol. The Balaban J connectivity index is 1.99. The van der Waals surface area contributed by atoms with Gasteiger partial charge in [0.1, 0.15) is 5.71 Å². The zero-order chi connectivity index (χ0) is 28.1. The molecule has 38 heavy (non-hydrogen) atoms.